The molecule has 0 bridgehead atoms. The SMILES string of the molecule is N#Cc1ccc2c(c1)C(O)C(Cn1ccnc1)S2. The van der Waals surface area contributed by atoms with E-state index < -0.39 is 6.10 Å². The van der Waals surface area contributed by atoms with Crippen molar-refractivity contribution in [2.75, 3.05) is 0 Å². The average molecular weight is 257 g/mol. The number of aromatic nitrogens is 2. The van der Waals surface area contributed by atoms with Gasteiger partial charge in [-0.05, 0) is 23.8 Å². The first-order valence-electron chi connectivity index (χ1n) is 5.62. The van der Waals surface area contributed by atoms with Crippen LogP contribution in [0.5, 0.6) is 0 Å². The maximum Gasteiger partial charge on any atom is 0.0991 e. The van der Waals surface area contributed by atoms with Crippen LogP contribution >= 0.6 is 11.8 Å². The van der Waals surface area contributed by atoms with Gasteiger partial charge in [-0.3, -0.25) is 0 Å². The van der Waals surface area contributed by atoms with Gasteiger partial charge in [0.15, 0.2) is 0 Å². The summed E-state index contributed by atoms with van der Waals surface area (Å²) in [4.78, 5) is 5.06. The number of thioether (sulfide) groups is 1. The van der Waals surface area contributed by atoms with E-state index in [4.69, 9.17) is 5.26 Å². The second kappa shape index (κ2) is 4.48. The number of hydrogen-bond donors (Lipinski definition) is 1. The molecule has 1 aliphatic heterocycles. The van der Waals surface area contributed by atoms with Gasteiger partial charge in [-0.2, -0.15) is 5.26 Å². The lowest BCUT2D eigenvalue weighted by atomic mass is 10.0. The number of nitriles is 1. The van der Waals surface area contributed by atoms with Crippen molar-refractivity contribution in [3.05, 3.63) is 48.0 Å². The van der Waals surface area contributed by atoms with Gasteiger partial charge < -0.3 is 9.67 Å². The molecular formula is C13H11N3OS. The van der Waals surface area contributed by atoms with Gasteiger partial charge >= 0.3 is 0 Å². The van der Waals surface area contributed by atoms with Crippen molar-refractivity contribution in [2.24, 2.45) is 0 Å². The monoisotopic (exact) mass is 257 g/mol. The number of hydrogen-bond acceptors (Lipinski definition) is 4. The highest BCUT2D eigenvalue weighted by Gasteiger charge is 2.32. The number of rotatable bonds is 2. The first-order chi connectivity index (χ1) is 8.78. The van der Waals surface area contributed by atoms with E-state index in [1.165, 1.54) is 0 Å². The summed E-state index contributed by atoms with van der Waals surface area (Å²) in [5, 5.41) is 19.2. The van der Waals surface area contributed by atoms with Gasteiger partial charge in [-0.1, -0.05) is 0 Å². The van der Waals surface area contributed by atoms with Gasteiger partial charge in [0.1, 0.15) is 0 Å². The minimum Gasteiger partial charge on any atom is -0.387 e. The molecule has 1 aromatic heterocycles. The molecule has 0 fully saturated rings. The van der Waals surface area contributed by atoms with Crippen molar-refractivity contribution in [2.45, 2.75) is 22.8 Å². The van der Waals surface area contributed by atoms with Gasteiger partial charge in [-0.15, -0.1) is 11.8 Å². The molecule has 2 aromatic rings. The summed E-state index contributed by atoms with van der Waals surface area (Å²) in [6, 6.07) is 7.58. The Balaban J connectivity index is 1.85. The van der Waals surface area contributed by atoms with Crippen LogP contribution in [0.3, 0.4) is 0 Å². The molecule has 1 aliphatic rings. The molecule has 90 valence electrons. The van der Waals surface area contributed by atoms with Crippen molar-refractivity contribution in [3.63, 3.8) is 0 Å². The van der Waals surface area contributed by atoms with Crippen molar-refractivity contribution < 1.29 is 5.11 Å². The predicted octanol–water partition coefficient (Wildman–Crippen LogP) is 1.96. The van der Waals surface area contributed by atoms with Crippen LogP contribution in [0.4, 0.5) is 0 Å². The van der Waals surface area contributed by atoms with Crippen LogP contribution in [0.1, 0.15) is 17.2 Å². The highest BCUT2D eigenvalue weighted by atomic mass is 32.2. The Morgan fingerprint density at radius 2 is 2.39 bits per heavy atom. The van der Waals surface area contributed by atoms with Crippen molar-refractivity contribution in [1.82, 2.24) is 9.55 Å². The average Bonchev–Trinajstić information content (AvgIpc) is 2.99. The number of fused-ring (bicyclic) bond motifs is 1. The normalized spacial score (nSPS) is 21.6. The van der Waals surface area contributed by atoms with E-state index in [2.05, 4.69) is 11.1 Å². The summed E-state index contributed by atoms with van der Waals surface area (Å²) < 4.78 is 1.96. The van der Waals surface area contributed by atoms with Crippen LogP contribution < -0.4 is 0 Å². The molecule has 1 N–H and O–H groups in total. The highest BCUT2D eigenvalue weighted by Crippen LogP contribution is 2.44. The zero-order chi connectivity index (χ0) is 12.5. The van der Waals surface area contributed by atoms with Crippen LogP contribution in [-0.2, 0) is 6.54 Å². The van der Waals surface area contributed by atoms with Gasteiger partial charge in [-0.25, -0.2) is 4.98 Å². The molecule has 0 saturated heterocycles. The number of nitrogens with zero attached hydrogens (tertiary/aromatic N) is 3. The van der Waals surface area contributed by atoms with Gasteiger partial charge in [0, 0.05) is 23.8 Å². The van der Waals surface area contributed by atoms with E-state index in [1.807, 2.05) is 16.8 Å². The summed E-state index contributed by atoms with van der Waals surface area (Å²) in [6.45, 7) is 0.711. The molecule has 3 rings (SSSR count). The lowest BCUT2D eigenvalue weighted by molar-refractivity contribution is 0.170. The number of imidazole rings is 1. The number of aliphatic hydroxyl groups is 1. The first kappa shape index (κ1) is 11.3. The Labute approximate surface area is 109 Å². The number of benzene rings is 1. The Morgan fingerprint density at radius 3 is 3.11 bits per heavy atom. The van der Waals surface area contributed by atoms with Gasteiger partial charge in [0.25, 0.3) is 0 Å². The quantitative estimate of drug-likeness (QED) is 0.893. The largest absolute Gasteiger partial charge is 0.387 e. The Bertz CT molecular complexity index is 603. The third kappa shape index (κ3) is 1.90. The summed E-state index contributed by atoms with van der Waals surface area (Å²) in [5.74, 6) is 0. The minimum atomic E-state index is -0.527. The maximum atomic E-state index is 10.3. The van der Waals surface area contributed by atoms with E-state index in [1.54, 1.807) is 36.4 Å². The molecular weight excluding hydrogens is 246 g/mol. The molecule has 0 saturated carbocycles. The lowest BCUT2D eigenvalue weighted by Gasteiger charge is -2.14. The summed E-state index contributed by atoms with van der Waals surface area (Å²) in [6.07, 6.45) is 4.83. The van der Waals surface area contributed by atoms with Crippen LogP contribution in [0.2, 0.25) is 0 Å². The zero-order valence-corrected chi connectivity index (χ0v) is 10.3. The lowest BCUT2D eigenvalue weighted by Crippen LogP contribution is -2.16. The van der Waals surface area contributed by atoms with Crippen molar-refractivity contribution in [3.8, 4) is 6.07 Å². The van der Waals surface area contributed by atoms with Gasteiger partial charge in [0.05, 0.1) is 29.3 Å². The van der Waals surface area contributed by atoms with Crippen molar-refractivity contribution in [1.29, 1.82) is 5.26 Å². The molecule has 18 heavy (non-hydrogen) atoms. The van der Waals surface area contributed by atoms with Crippen LogP contribution in [-0.4, -0.2) is 19.9 Å². The fraction of sp³-hybridized carbons (Fsp3) is 0.231. The topological polar surface area (TPSA) is 61.8 Å². The molecule has 0 amide bonds. The van der Waals surface area contributed by atoms with E-state index in [0.717, 1.165) is 10.5 Å². The zero-order valence-electron chi connectivity index (χ0n) is 9.52. The first-order valence-corrected chi connectivity index (χ1v) is 6.50. The van der Waals surface area contributed by atoms with Crippen LogP contribution in [0.15, 0.2) is 41.8 Å². The van der Waals surface area contributed by atoms with E-state index >= 15 is 0 Å². The predicted molar refractivity (Wildman–Crippen MR) is 68.0 cm³/mol. The Morgan fingerprint density at radius 1 is 1.50 bits per heavy atom. The highest BCUT2D eigenvalue weighted by molar-refractivity contribution is 8.00. The molecule has 0 radical (unpaired) electrons. The third-order valence-corrected chi connectivity index (χ3v) is 4.37. The van der Waals surface area contributed by atoms with Crippen LogP contribution in [0, 0.1) is 11.3 Å². The fourth-order valence-corrected chi connectivity index (χ4v) is 3.43. The maximum absolute atomic E-state index is 10.3. The van der Waals surface area contributed by atoms with Gasteiger partial charge in [0.2, 0.25) is 0 Å². The molecule has 2 unspecified atom stereocenters. The molecule has 4 nitrogen and oxygen atoms in total. The molecule has 5 heteroatoms. The number of aliphatic hydroxyl groups excluding tert-OH is 1. The standard InChI is InChI=1S/C13H11N3OS/c14-6-9-1-2-11-10(5-9)13(17)12(18-11)7-16-4-3-15-8-16/h1-5,8,12-13,17H,7H2. The van der Waals surface area contributed by atoms with Crippen molar-refractivity contribution >= 4 is 11.8 Å². The molecule has 2 heterocycles. The third-order valence-electron chi connectivity index (χ3n) is 3.04. The second-order valence-corrected chi connectivity index (χ2v) is 5.51. The molecule has 2 atom stereocenters. The van der Waals surface area contributed by atoms with E-state index in [-0.39, 0.29) is 5.25 Å². The minimum absolute atomic E-state index is 0.0724. The summed E-state index contributed by atoms with van der Waals surface area (Å²) in [5.41, 5.74) is 1.46. The fourth-order valence-electron chi connectivity index (χ4n) is 2.12. The van der Waals surface area contributed by atoms with Crippen LogP contribution in [0.25, 0.3) is 0 Å². The molecule has 0 spiro atoms. The summed E-state index contributed by atoms with van der Waals surface area (Å²) in [7, 11) is 0. The van der Waals surface area contributed by atoms with E-state index in [9.17, 15) is 5.11 Å². The summed E-state index contributed by atoms with van der Waals surface area (Å²) >= 11 is 1.65. The molecule has 1 aromatic carbocycles. The smallest absolute Gasteiger partial charge is 0.0991 e. The Hall–Kier alpha value is -1.77. The van der Waals surface area contributed by atoms with E-state index in [0.29, 0.717) is 12.1 Å². The molecule has 0 aliphatic carbocycles. The second-order valence-electron chi connectivity index (χ2n) is 4.23. The Kier molecular flexibility index (Phi) is 2.82.